The fourth-order valence-corrected chi connectivity index (χ4v) is 1.78. The molecule has 20 heavy (non-hydrogen) atoms. The molecule has 0 aliphatic carbocycles. The lowest BCUT2D eigenvalue weighted by molar-refractivity contribution is 0.586. The number of imidazole rings is 1. The molecule has 3 heterocycles. The highest BCUT2D eigenvalue weighted by Gasteiger charge is 2.06. The van der Waals surface area contributed by atoms with Crippen LogP contribution in [0.3, 0.4) is 0 Å². The monoisotopic (exact) mass is 273 g/mol. The van der Waals surface area contributed by atoms with Crippen LogP contribution in [0.15, 0.2) is 34.4 Å². The first kappa shape index (κ1) is 12.1. The van der Waals surface area contributed by atoms with E-state index in [1.807, 2.05) is 0 Å². The molecule has 102 valence electrons. The number of hydrogen-bond donors (Lipinski definition) is 3. The minimum atomic E-state index is -0.514. The molecule has 0 aliphatic heterocycles. The van der Waals surface area contributed by atoms with Crippen molar-refractivity contribution < 1.29 is 0 Å². The summed E-state index contributed by atoms with van der Waals surface area (Å²) in [5.74, 6) is 0.637. The van der Waals surface area contributed by atoms with Crippen LogP contribution in [0.4, 0.5) is 0 Å². The maximum absolute atomic E-state index is 11.5. The molecular weight excluding hydrogens is 262 g/mol. The van der Waals surface area contributed by atoms with E-state index in [-0.39, 0.29) is 5.56 Å². The summed E-state index contributed by atoms with van der Waals surface area (Å²) in [4.78, 5) is 34.0. The molecular formula is C11H11N7O2. The first-order valence-electron chi connectivity index (χ1n) is 5.93. The van der Waals surface area contributed by atoms with Crippen molar-refractivity contribution in [3.63, 3.8) is 0 Å². The summed E-state index contributed by atoms with van der Waals surface area (Å²) in [6, 6.07) is 0. The summed E-state index contributed by atoms with van der Waals surface area (Å²) in [7, 11) is 0. The van der Waals surface area contributed by atoms with Crippen molar-refractivity contribution in [3.05, 3.63) is 51.2 Å². The number of aryl methyl sites for hydroxylation is 2. The topological polar surface area (TPSA) is 125 Å². The molecule has 0 fully saturated rings. The second-order valence-electron chi connectivity index (χ2n) is 4.15. The average Bonchev–Trinajstić information content (AvgIpc) is 3.08. The molecule has 0 bridgehead atoms. The number of hydrogen-bond acceptors (Lipinski definition) is 5. The molecule has 0 amide bonds. The van der Waals surface area contributed by atoms with Crippen molar-refractivity contribution >= 4 is 0 Å². The van der Waals surface area contributed by atoms with Crippen molar-refractivity contribution in [2.75, 3.05) is 0 Å². The largest absolute Gasteiger partial charge is 0.343 e. The van der Waals surface area contributed by atoms with Gasteiger partial charge in [0.15, 0.2) is 5.82 Å². The Labute approximate surface area is 111 Å². The lowest BCUT2D eigenvalue weighted by Gasteiger charge is -1.99. The molecule has 0 radical (unpaired) electrons. The van der Waals surface area contributed by atoms with Crippen LogP contribution < -0.4 is 11.2 Å². The Kier molecular flexibility index (Phi) is 2.99. The van der Waals surface area contributed by atoms with Gasteiger partial charge in [-0.3, -0.25) is 14.5 Å². The van der Waals surface area contributed by atoms with Crippen LogP contribution in [0, 0.1) is 0 Å². The van der Waals surface area contributed by atoms with Gasteiger partial charge in [0.2, 0.25) is 0 Å². The number of aromatic amines is 3. The van der Waals surface area contributed by atoms with Crippen LogP contribution in [0.2, 0.25) is 0 Å². The lowest BCUT2D eigenvalue weighted by atomic mass is 10.2. The lowest BCUT2D eigenvalue weighted by Crippen LogP contribution is -2.25. The fourth-order valence-electron chi connectivity index (χ4n) is 1.78. The molecule has 0 saturated heterocycles. The molecule has 0 unspecified atom stereocenters. The Morgan fingerprint density at radius 1 is 1.25 bits per heavy atom. The first-order valence-corrected chi connectivity index (χ1v) is 5.93. The van der Waals surface area contributed by atoms with E-state index in [2.05, 4.69) is 30.2 Å². The Morgan fingerprint density at radius 2 is 2.15 bits per heavy atom. The van der Waals surface area contributed by atoms with Gasteiger partial charge in [-0.2, -0.15) is 0 Å². The van der Waals surface area contributed by atoms with Gasteiger partial charge in [-0.15, -0.1) is 5.10 Å². The number of aromatic nitrogens is 7. The zero-order valence-electron chi connectivity index (χ0n) is 10.3. The third kappa shape index (κ3) is 2.41. The van der Waals surface area contributed by atoms with Crippen molar-refractivity contribution in [1.29, 1.82) is 0 Å². The van der Waals surface area contributed by atoms with Crippen LogP contribution >= 0.6 is 0 Å². The minimum Gasteiger partial charge on any atom is -0.343 e. The van der Waals surface area contributed by atoms with Gasteiger partial charge in [0, 0.05) is 30.7 Å². The Balaban J connectivity index is 1.73. The Morgan fingerprint density at radius 3 is 2.90 bits per heavy atom. The molecule has 3 N–H and O–H groups in total. The van der Waals surface area contributed by atoms with Gasteiger partial charge < -0.3 is 9.97 Å². The molecule has 3 aromatic rings. The minimum absolute atomic E-state index is 0.389. The van der Waals surface area contributed by atoms with E-state index < -0.39 is 5.69 Å². The standard InChI is InChI=1S/C11H11N7O2/c19-10-7(5-14-11(20)15-10)1-4-18-6-8(16-17-18)9-12-2-3-13-9/h2-3,5-6H,1,4H2,(H,12,13)(H2,14,15,19,20). The number of H-pyrrole nitrogens is 3. The van der Waals surface area contributed by atoms with Crippen molar-refractivity contribution in [2.45, 2.75) is 13.0 Å². The van der Waals surface area contributed by atoms with Crippen LogP contribution in [-0.4, -0.2) is 34.9 Å². The zero-order chi connectivity index (χ0) is 13.9. The van der Waals surface area contributed by atoms with Crippen LogP contribution in [0.25, 0.3) is 11.5 Å². The third-order valence-corrected chi connectivity index (χ3v) is 2.79. The van der Waals surface area contributed by atoms with Gasteiger partial charge in [0.05, 0.1) is 6.20 Å². The molecule has 9 heteroatoms. The predicted molar refractivity (Wildman–Crippen MR) is 69.0 cm³/mol. The smallest absolute Gasteiger partial charge is 0.325 e. The highest BCUT2D eigenvalue weighted by Crippen LogP contribution is 2.09. The first-order chi connectivity index (χ1) is 9.72. The molecule has 0 atom stereocenters. The maximum atomic E-state index is 11.5. The Bertz CT molecular complexity index is 812. The average molecular weight is 273 g/mol. The fraction of sp³-hybridized carbons (Fsp3) is 0.182. The maximum Gasteiger partial charge on any atom is 0.325 e. The quantitative estimate of drug-likeness (QED) is 0.579. The summed E-state index contributed by atoms with van der Waals surface area (Å²) >= 11 is 0. The SMILES string of the molecule is O=c1[nH]cc(CCn2cc(-c3ncc[nH]3)nn2)c(=O)[nH]1. The molecule has 3 rings (SSSR count). The van der Waals surface area contributed by atoms with E-state index in [4.69, 9.17) is 0 Å². The summed E-state index contributed by atoms with van der Waals surface area (Å²) in [6.45, 7) is 0.475. The van der Waals surface area contributed by atoms with Gasteiger partial charge >= 0.3 is 5.69 Å². The van der Waals surface area contributed by atoms with E-state index in [0.717, 1.165) is 0 Å². The molecule has 0 aliphatic rings. The van der Waals surface area contributed by atoms with Gasteiger partial charge in [-0.1, -0.05) is 5.21 Å². The van der Waals surface area contributed by atoms with Crippen molar-refractivity contribution in [2.24, 2.45) is 0 Å². The highest BCUT2D eigenvalue weighted by atomic mass is 16.2. The third-order valence-electron chi connectivity index (χ3n) is 2.79. The van der Waals surface area contributed by atoms with Crippen molar-refractivity contribution in [1.82, 2.24) is 34.9 Å². The second-order valence-corrected chi connectivity index (χ2v) is 4.15. The Hall–Kier alpha value is -2.97. The van der Waals surface area contributed by atoms with E-state index in [1.165, 1.54) is 6.20 Å². The van der Waals surface area contributed by atoms with Crippen LogP contribution in [0.1, 0.15) is 5.56 Å². The summed E-state index contributed by atoms with van der Waals surface area (Å²) < 4.78 is 1.61. The molecule has 9 nitrogen and oxygen atoms in total. The van der Waals surface area contributed by atoms with Gasteiger partial charge in [-0.05, 0) is 6.42 Å². The molecule has 0 spiro atoms. The van der Waals surface area contributed by atoms with E-state index in [0.29, 0.717) is 30.0 Å². The van der Waals surface area contributed by atoms with E-state index in [9.17, 15) is 9.59 Å². The van der Waals surface area contributed by atoms with Gasteiger partial charge in [-0.25, -0.2) is 9.78 Å². The van der Waals surface area contributed by atoms with Gasteiger partial charge in [0.1, 0.15) is 5.69 Å². The molecule has 0 saturated carbocycles. The number of rotatable bonds is 4. The van der Waals surface area contributed by atoms with Crippen LogP contribution in [-0.2, 0) is 13.0 Å². The highest BCUT2D eigenvalue weighted by molar-refractivity contribution is 5.45. The number of nitrogens with zero attached hydrogens (tertiary/aromatic N) is 4. The van der Waals surface area contributed by atoms with Crippen molar-refractivity contribution in [3.8, 4) is 11.5 Å². The number of nitrogens with one attached hydrogen (secondary N) is 3. The summed E-state index contributed by atoms with van der Waals surface area (Å²) in [5.41, 5.74) is 0.213. The summed E-state index contributed by atoms with van der Waals surface area (Å²) in [6.07, 6.45) is 6.92. The van der Waals surface area contributed by atoms with E-state index in [1.54, 1.807) is 23.3 Å². The van der Waals surface area contributed by atoms with Crippen LogP contribution in [0.5, 0.6) is 0 Å². The zero-order valence-corrected chi connectivity index (χ0v) is 10.3. The normalized spacial score (nSPS) is 10.8. The molecule has 3 aromatic heterocycles. The summed E-state index contributed by atoms with van der Waals surface area (Å²) in [5, 5.41) is 7.94. The predicted octanol–water partition coefficient (Wildman–Crippen LogP) is -0.713. The van der Waals surface area contributed by atoms with E-state index >= 15 is 0 Å². The van der Waals surface area contributed by atoms with Gasteiger partial charge in [0.25, 0.3) is 5.56 Å². The molecule has 0 aromatic carbocycles. The second kappa shape index (κ2) is 4.96.